The van der Waals surface area contributed by atoms with Gasteiger partial charge in [-0.05, 0) is 6.92 Å². The van der Waals surface area contributed by atoms with Crippen LogP contribution in [0.3, 0.4) is 0 Å². The van der Waals surface area contributed by atoms with E-state index < -0.39 is 0 Å². The Bertz CT molecular complexity index is 374. The van der Waals surface area contributed by atoms with Crippen molar-refractivity contribution in [1.82, 2.24) is 14.5 Å². The molecule has 17 heavy (non-hydrogen) atoms. The molecule has 0 unspecified atom stereocenters. The summed E-state index contributed by atoms with van der Waals surface area (Å²) in [5.41, 5.74) is 0. The molecule has 0 aliphatic carbocycles. The number of aromatic nitrogens is 2. The summed E-state index contributed by atoms with van der Waals surface area (Å²) in [6.07, 6.45) is 5.39. The predicted octanol–water partition coefficient (Wildman–Crippen LogP) is 0.971. The van der Waals surface area contributed by atoms with Crippen LogP contribution < -0.4 is 0 Å². The molecule has 0 aliphatic rings. The third-order valence-electron chi connectivity index (χ3n) is 2.33. The number of nitrogens with zero attached hydrogens (tertiary/aromatic N) is 3. The van der Waals surface area contributed by atoms with Crippen LogP contribution in [0.5, 0.6) is 0 Å². The smallest absolute Gasteiger partial charge is 0.320 e. The molecule has 0 saturated heterocycles. The Morgan fingerprint density at radius 3 is 3.00 bits per heavy atom. The molecule has 1 aromatic rings. The van der Waals surface area contributed by atoms with Gasteiger partial charge in [0.1, 0.15) is 5.82 Å². The van der Waals surface area contributed by atoms with E-state index in [9.17, 15) is 4.79 Å². The zero-order valence-electron chi connectivity index (χ0n) is 10.4. The van der Waals surface area contributed by atoms with Gasteiger partial charge in [0.25, 0.3) is 0 Å². The molecule has 1 heterocycles. The summed E-state index contributed by atoms with van der Waals surface area (Å²) < 4.78 is 6.86. The second kappa shape index (κ2) is 6.85. The maximum absolute atomic E-state index is 11.4. The summed E-state index contributed by atoms with van der Waals surface area (Å²) in [6, 6.07) is 0. The summed E-state index contributed by atoms with van der Waals surface area (Å²) in [4.78, 5) is 17.6. The highest BCUT2D eigenvalue weighted by Crippen LogP contribution is 2.02. The van der Waals surface area contributed by atoms with Gasteiger partial charge < -0.3 is 9.30 Å². The van der Waals surface area contributed by atoms with Gasteiger partial charge in [0.05, 0.1) is 19.7 Å². The number of carbonyl (C=O) groups is 1. The van der Waals surface area contributed by atoms with Crippen LogP contribution in [0.1, 0.15) is 12.7 Å². The standard InChI is InChI=1S/C12H19N3O2/c1-4-7-15(10-12(16)17-5-2)9-11-13-6-8-14(11)3/h4,6,8H,1,5,7,9-10H2,2-3H3. The third-order valence-corrected chi connectivity index (χ3v) is 2.33. The van der Waals surface area contributed by atoms with Crippen LogP contribution in [0.25, 0.3) is 0 Å². The van der Waals surface area contributed by atoms with Gasteiger partial charge >= 0.3 is 5.97 Å². The van der Waals surface area contributed by atoms with Crippen LogP contribution in [0.15, 0.2) is 25.0 Å². The minimum atomic E-state index is -0.219. The Morgan fingerprint density at radius 2 is 2.47 bits per heavy atom. The average molecular weight is 237 g/mol. The highest BCUT2D eigenvalue weighted by Gasteiger charge is 2.12. The molecule has 0 aliphatic heterocycles. The number of esters is 1. The van der Waals surface area contributed by atoms with E-state index >= 15 is 0 Å². The fourth-order valence-electron chi connectivity index (χ4n) is 1.51. The highest BCUT2D eigenvalue weighted by atomic mass is 16.5. The van der Waals surface area contributed by atoms with E-state index in [1.54, 1.807) is 19.2 Å². The molecule has 1 rings (SSSR count). The number of hydrogen-bond donors (Lipinski definition) is 0. The molecule has 0 bridgehead atoms. The SMILES string of the molecule is C=CCN(CC(=O)OCC)Cc1nccn1C. The van der Waals surface area contributed by atoms with Gasteiger partial charge in [0.15, 0.2) is 0 Å². The molecule has 0 atom stereocenters. The van der Waals surface area contributed by atoms with Gasteiger partial charge in [-0.1, -0.05) is 6.08 Å². The fourth-order valence-corrected chi connectivity index (χ4v) is 1.51. The van der Waals surface area contributed by atoms with Gasteiger partial charge in [0, 0.05) is 26.0 Å². The van der Waals surface area contributed by atoms with Crippen molar-refractivity contribution in [3.8, 4) is 0 Å². The maximum Gasteiger partial charge on any atom is 0.320 e. The number of aryl methyl sites for hydroxylation is 1. The largest absolute Gasteiger partial charge is 0.465 e. The Kier molecular flexibility index (Phi) is 5.42. The van der Waals surface area contributed by atoms with Gasteiger partial charge in [-0.3, -0.25) is 9.69 Å². The number of carbonyl (C=O) groups excluding carboxylic acids is 1. The van der Waals surface area contributed by atoms with E-state index in [4.69, 9.17) is 4.74 Å². The number of imidazole rings is 1. The zero-order chi connectivity index (χ0) is 12.7. The van der Waals surface area contributed by atoms with Crippen LogP contribution in [-0.4, -0.2) is 40.1 Å². The van der Waals surface area contributed by atoms with Crippen LogP contribution in [0.4, 0.5) is 0 Å². The van der Waals surface area contributed by atoms with E-state index in [1.807, 2.05) is 22.7 Å². The van der Waals surface area contributed by atoms with Crippen molar-refractivity contribution >= 4 is 5.97 Å². The van der Waals surface area contributed by atoms with Gasteiger partial charge in [-0.25, -0.2) is 4.98 Å². The number of rotatable bonds is 7. The first-order chi connectivity index (χ1) is 8.17. The molecule has 0 aromatic carbocycles. The molecule has 94 valence electrons. The number of ether oxygens (including phenoxy) is 1. The minimum absolute atomic E-state index is 0.219. The zero-order valence-corrected chi connectivity index (χ0v) is 10.4. The molecule has 0 fully saturated rings. The lowest BCUT2D eigenvalue weighted by Crippen LogP contribution is -2.31. The summed E-state index contributed by atoms with van der Waals surface area (Å²) in [5.74, 6) is 0.694. The van der Waals surface area contributed by atoms with Crippen LogP contribution in [-0.2, 0) is 23.1 Å². The van der Waals surface area contributed by atoms with E-state index in [0.717, 1.165) is 5.82 Å². The fraction of sp³-hybridized carbons (Fsp3) is 0.500. The summed E-state index contributed by atoms with van der Waals surface area (Å²) in [6.45, 7) is 7.38. The molecule has 5 heteroatoms. The molecule has 0 amide bonds. The van der Waals surface area contributed by atoms with Crippen molar-refractivity contribution < 1.29 is 9.53 Å². The van der Waals surface area contributed by atoms with Crippen molar-refractivity contribution in [3.63, 3.8) is 0 Å². The van der Waals surface area contributed by atoms with Crippen molar-refractivity contribution in [2.75, 3.05) is 19.7 Å². The maximum atomic E-state index is 11.4. The Labute approximate surface area is 102 Å². The first-order valence-electron chi connectivity index (χ1n) is 5.62. The first-order valence-corrected chi connectivity index (χ1v) is 5.62. The molecule has 5 nitrogen and oxygen atoms in total. The normalized spacial score (nSPS) is 10.5. The van der Waals surface area contributed by atoms with Gasteiger partial charge in [-0.15, -0.1) is 6.58 Å². The molecule has 0 radical (unpaired) electrons. The predicted molar refractivity (Wildman–Crippen MR) is 65.3 cm³/mol. The topological polar surface area (TPSA) is 47.4 Å². The molecule has 0 N–H and O–H groups in total. The minimum Gasteiger partial charge on any atom is -0.465 e. The second-order valence-corrected chi connectivity index (χ2v) is 3.72. The second-order valence-electron chi connectivity index (χ2n) is 3.72. The Hall–Kier alpha value is -1.62. The lowest BCUT2D eigenvalue weighted by Gasteiger charge is -2.19. The lowest BCUT2D eigenvalue weighted by atomic mass is 10.4. The van der Waals surface area contributed by atoms with E-state index in [0.29, 0.717) is 19.7 Å². The van der Waals surface area contributed by atoms with Gasteiger partial charge in [0.2, 0.25) is 0 Å². The molecule has 0 spiro atoms. The highest BCUT2D eigenvalue weighted by molar-refractivity contribution is 5.71. The van der Waals surface area contributed by atoms with Crippen molar-refractivity contribution in [2.45, 2.75) is 13.5 Å². The summed E-state index contributed by atoms with van der Waals surface area (Å²) in [5, 5.41) is 0. The van der Waals surface area contributed by atoms with Gasteiger partial charge in [-0.2, -0.15) is 0 Å². The lowest BCUT2D eigenvalue weighted by molar-refractivity contribution is -0.144. The molecular weight excluding hydrogens is 218 g/mol. The van der Waals surface area contributed by atoms with Crippen molar-refractivity contribution in [3.05, 3.63) is 30.9 Å². The van der Waals surface area contributed by atoms with Crippen molar-refractivity contribution in [1.29, 1.82) is 0 Å². The summed E-state index contributed by atoms with van der Waals surface area (Å²) in [7, 11) is 1.93. The quantitative estimate of drug-likeness (QED) is 0.524. The molecule has 0 saturated carbocycles. The van der Waals surface area contributed by atoms with E-state index in [-0.39, 0.29) is 12.5 Å². The van der Waals surface area contributed by atoms with E-state index in [2.05, 4.69) is 11.6 Å². The summed E-state index contributed by atoms with van der Waals surface area (Å²) >= 11 is 0. The third kappa shape index (κ3) is 4.40. The monoisotopic (exact) mass is 237 g/mol. The first kappa shape index (κ1) is 13.4. The van der Waals surface area contributed by atoms with Crippen LogP contribution in [0, 0.1) is 0 Å². The number of hydrogen-bond acceptors (Lipinski definition) is 4. The average Bonchev–Trinajstić information content (AvgIpc) is 2.65. The molecular formula is C12H19N3O2. The van der Waals surface area contributed by atoms with E-state index in [1.165, 1.54) is 0 Å². The molecule has 1 aromatic heterocycles. The Morgan fingerprint density at radius 1 is 1.71 bits per heavy atom. The van der Waals surface area contributed by atoms with Crippen LogP contribution >= 0.6 is 0 Å². The Balaban J connectivity index is 2.57. The van der Waals surface area contributed by atoms with Crippen molar-refractivity contribution in [2.24, 2.45) is 7.05 Å². The van der Waals surface area contributed by atoms with Crippen LogP contribution in [0.2, 0.25) is 0 Å².